The first-order chi connectivity index (χ1) is 17.0. The van der Waals surface area contributed by atoms with Crippen LogP contribution < -0.4 is 10.2 Å². The maximum atomic E-state index is 13.8. The molecule has 2 heterocycles. The van der Waals surface area contributed by atoms with Gasteiger partial charge in [-0.3, -0.25) is 9.69 Å². The van der Waals surface area contributed by atoms with E-state index in [9.17, 15) is 4.79 Å². The Bertz CT molecular complexity index is 1640. The standard InChI is InChI=1S/C31H27N3O/c1-20-8-6-10-23(16-20)32-27-19-30(34(31(27)35)24-11-7-9-21(2)17-24)22-14-15-29-26(18-22)25-12-4-5-13-28(25)33(29)3/h4-19,30,32H,1-3H3/t30-/m1/s1. The highest BCUT2D eigenvalue weighted by Gasteiger charge is 2.35. The molecule has 1 aromatic heterocycles. The number of aromatic nitrogens is 1. The molecule has 1 amide bonds. The smallest absolute Gasteiger partial charge is 0.275 e. The predicted molar refractivity (Wildman–Crippen MR) is 145 cm³/mol. The molecule has 4 aromatic carbocycles. The molecule has 6 rings (SSSR count). The first kappa shape index (κ1) is 21.2. The van der Waals surface area contributed by atoms with Crippen molar-refractivity contribution in [1.29, 1.82) is 0 Å². The first-order valence-electron chi connectivity index (χ1n) is 11.9. The van der Waals surface area contributed by atoms with Crippen molar-refractivity contribution >= 4 is 39.1 Å². The van der Waals surface area contributed by atoms with E-state index in [0.29, 0.717) is 5.70 Å². The summed E-state index contributed by atoms with van der Waals surface area (Å²) in [6, 6.07) is 31.1. The van der Waals surface area contributed by atoms with Crippen LogP contribution in [0.15, 0.2) is 103 Å². The fourth-order valence-corrected chi connectivity index (χ4v) is 5.20. The van der Waals surface area contributed by atoms with Gasteiger partial charge < -0.3 is 9.88 Å². The molecule has 1 N–H and O–H groups in total. The summed E-state index contributed by atoms with van der Waals surface area (Å²) in [5.41, 5.74) is 8.16. The number of rotatable bonds is 4. The van der Waals surface area contributed by atoms with Crippen molar-refractivity contribution in [3.63, 3.8) is 0 Å². The molecule has 0 saturated carbocycles. The van der Waals surface area contributed by atoms with Crippen LogP contribution in [-0.2, 0) is 11.8 Å². The van der Waals surface area contributed by atoms with Crippen LogP contribution in [0.5, 0.6) is 0 Å². The van der Waals surface area contributed by atoms with Crippen molar-refractivity contribution in [3.05, 3.63) is 119 Å². The van der Waals surface area contributed by atoms with Gasteiger partial charge in [-0.2, -0.15) is 0 Å². The first-order valence-corrected chi connectivity index (χ1v) is 11.9. The van der Waals surface area contributed by atoms with Crippen LogP contribution in [0.3, 0.4) is 0 Å². The Morgan fingerprint density at radius 3 is 2.29 bits per heavy atom. The van der Waals surface area contributed by atoms with Crippen LogP contribution in [0.2, 0.25) is 0 Å². The van der Waals surface area contributed by atoms with Crippen molar-refractivity contribution in [2.75, 3.05) is 10.2 Å². The van der Waals surface area contributed by atoms with Crippen LogP contribution in [0.25, 0.3) is 21.8 Å². The van der Waals surface area contributed by atoms with Gasteiger partial charge in [-0.15, -0.1) is 0 Å². The van der Waals surface area contributed by atoms with E-state index >= 15 is 0 Å². The topological polar surface area (TPSA) is 37.3 Å². The van der Waals surface area contributed by atoms with Gasteiger partial charge in [0, 0.05) is 40.2 Å². The molecule has 0 unspecified atom stereocenters. The Kier molecular flexibility index (Phi) is 4.96. The van der Waals surface area contributed by atoms with Gasteiger partial charge in [0.1, 0.15) is 5.70 Å². The van der Waals surface area contributed by atoms with Crippen LogP contribution in [0, 0.1) is 13.8 Å². The molecular formula is C31H27N3O. The summed E-state index contributed by atoms with van der Waals surface area (Å²) in [5.74, 6) is -0.0277. The van der Waals surface area contributed by atoms with Gasteiger partial charge >= 0.3 is 0 Å². The van der Waals surface area contributed by atoms with Gasteiger partial charge in [0.15, 0.2) is 0 Å². The average Bonchev–Trinajstić information content (AvgIpc) is 3.33. The van der Waals surface area contributed by atoms with E-state index in [-0.39, 0.29) is 11.9 Å². The molecule has 1 aliphatic rings. The van der Waals surface area contributed by atoms with Crippen molar-refractivity contribution in [2.24, 2.45) is 7.05 Å². The van der Waals surface area contributed by atoms with Crippen molar-refractivity contribution in [1.82, 2.24) is 4.57 Å². The van der Waals surface area contributed by atoms with Gasteiger partial charge in [-0.1, -0.05) is 48.5 Å². The molecule has 0 spiro atoms. The number of benzene rings is 4. The number of amides is 1. The third-order valence-corrected chi connectivity index (χ3v) is 6.91. The summed E-state index contributed by atoms with van der Waals surface area (Å²) in [5, 5.41) is 5.80. The molecule has 0 aliphatic carbocycles. The van der Waals surface area contributed by atoms with Crippen LogP contribution >= 0.6 is 0 Å². The minimum absolute atomic E-state index is 0.0277. The van der Waals surface area contributed by atoms with E-state index in [1.54, 1.807) is 0 Å². The highest BCUT2D eigenvalue weighted by atomic mass is 16.2. The number of nitrogens with one attached hydrogen (secondary N) is 1. The summed E-state index contributed by atoms with van der Waals surface area (Å²) in [6.45, 7) is 4.11. The van der Waals surface area contributed by atoms with Crippen LogP contribution in [0.1, 0.15) is 22.7 Å². The third-order valence-electron chi connectivity index (χ3n) is 6.91. The van der Waals surface area contributed by atoms with E-state index in [1.165, 1.54) is 21.8 Å². The Labute approximate surface area is 205 Å². The lowest BCUT2D eigenvalue weighted by atomic mass is 10.0. The van der Waals surface area contributed by atoms with Crippen molar-refractivity contribution in [2.45, 2.75) is 19.9 Å². The normalized spacial score (nSPS) is 15.7. The lowest BCUT2D eigenvalue weighted by Crippen LogP contribution is -2.30. The molecular weight excluding hydrogens is 430 g/mol. The van der Waals surface area contributed by atoms with E-state index in [4.69, 9.17) is 0 Å². The number of nitrogens with zero attached hydrogens (tertiary/aromatic N) is 2. The monoisotopic (exact) mass is 457 g/mol. The summed E-state index contributed by atoms with van der Waals surface area (Å²) in [6.07, 6.45) is 2.05. The van der Waals surface area contributed by atoms with Gasteiger partial charge in [0.25, 0.3) is 5.91 Å². The molecule has 0 fully saturated rings. The fraction of sp³-hybridized carbons (Fsp3) is 0.129. The fourth-order valence-electron chi connectivity index (χ4n) is 5.20. The van der Waals surface area contributed by atoms with Crippen LogP contribution in [0.4, 0.5) is 11.4 Å². The lowest BCUT2D eigenvalue weighted by Gasteiger charge is -2.26. The van der Waals surface area contributed by atoms with Gasteiger partial charge in [-0.25, -0.2) is 0 Å². The Hall–Kier alpha value is -4.31. The van der Waals surface area contributed by atoms with E-state index in [2.05, 4.69) is 104 Å². The highest BCUT2D eigenvalue weighted by Crippen LogP contribution is 2.39. The summed E-state index contributed by atoms with van der Waals surface area (Å²) >= 11 is 0. The number of aryl methyl sites for hydroxylation is 3. The highest BCUT2D eigenvalue weighted by molar-refractivity contribution is 6.12. The molecule has 0 bridgehead atoms. The predicted octanol–water partition coefficient (Wildman–Crippen LogP) is 7.03. The average molecular weight is 458 g/mol. The molecule has 35 heavy (non-hydrogen) atoms. The molecule has 1 aliphatic heterocycles. The second-order valence-corrected chi connectivity index (χ2v) is 9.39. The number of carbonyl (C=O) groups excluding carboxylic acids is 1. The molecule has 1 atom stereocenters. The van der Waals surface area contributed by atoms with Crippen molar-refractivity contribution in [3.8, 4) is 0 Å². The largest absolute Gasteiger partial charge is 0.351 e. The zero-order chi connectivity index (χ0) is 24.1. The Balaban J connectivity index is 1.49. The molecule has 0 saturated heterocycles. The maximum Gasteiger partial charge on any atom is 0.275 e. The lowest BCUT2D eigenvalue weighted by molar-refractivity contribution is -0.114. The zero-order valence-electron chi connectivity index (χ0n) is 20.1. The number of hydrogen-bond acceptors (Lipinski definition) is 2. The third kappa shape index (κ3) is 3.58. The van der Waals surface area contributed by atoms with Gasteiger partial charge in [-0.05, 0) is 79.1 Å². The van der Waals surface area contributed by atoms with E-state index in [1.807, 2.05) is 29.2 Å². The van der Waals surface area contributed by atoms with Gasteiger partial charge in [0.05, 0.1) is 6.04 Å². The maximum absolute atomic E-state index is 13.8. The SMILES string of the molecule is Cc1cccc(NC2=C[C@H](c3ccc4c(c3)c3ccccc3n4C)N(c3cccc(C)c3)C2=O)c1. The minimum Gasteiger partial charge on any atom is -0.351 e. The molecule has 5 aromatic rings. The van der Waals surface area contributed by atoms with Crippen molar-refractivity contribution < 1.29 is 4.79 Å². The number of hydrogen-bond donors (Lipinski definition) is 1. The Morgan fingerprint density at radius 2 is 1.49 bits per heavy atom. The summed E-state index contributed by atoms with van der Waals surface area (Å²) in [4.78, 5) is 15.7. The Morgan fingerprint density at radius 1 is 0.743 bits per heavy atom. The van der Waals surface area contributed by atoms with E-state index in [0.717, 1.165) is 28.1 Å². The molecule has 4 nitrogen and oxygen atoms in total. The zero-order valence-corrected chi connectivity index (χ0v) is 20.1. The van der Waals surface area contributed by atoms with E-state index < -0.39 is 0 Å². The quantitative estimate of drug-likeness (QED) is 0.314. The van der Waals surface area contributed by atoms with Crippen LogP contribution in [-0.4, -0.2) is 10.5 Å². The molecule has 4 heteroatoms. The minimum atomic E-state index is -0.208. The molecule has 0 radical (unpaired) electrons. The number of fused-ring (bicyclic) bond motifs is 3. The number of anilines is 2. The summed E-state index contributed by atoms with van der Waals surface area (Å²) in [7, 11) is 2.10. The van der Waals surface area contributed by atoms with Gasteiger partial charge in [0.2, 0.25) is 0 Å². The second-order valence-electron chi connectivity index (χ2n) is 9.39. The second kappa shape index (κ2) is 8.17. The number of carbonyl (C=O) groups is 1. The summed E-state index contributed by atoms with van der Waals surface area (Å²) < 4.78 is 2.23. The number of para-hydroxylation sites is 1. The molecule has 172 valence electrons.